The van der Waals surface area contributed by atoms with Crippen LogP contribution in [-0.4, -0.2) is 20.4 Å². The Morgan fingerprint density at radius 3 is 2.30 bits per heavy atom. The molecule has 2 rings (SSSR count). The van der Waals surface area contributed by atoms with Gasteiger partial charge < -0.3 is 11.1 Å². The van der Waals surface area contributed by atoms with Crippen molar-refractivity contribution in [1.82, 2.24) is 0 Å². The smallest absolute Gasteiger partial charge is 0.262 e. The molecule has 2 aromatic rings. The molecule has 0 aliphatic heterocycles. The van der Waals surface area contributed by atoms with Gasteiger partial charge in [-0.25, -0.2) is 8.42 Å². The van der Waals surface area contributed by atoms with Crippen LogP contribution in [0.3, 0.4) is 0 Å². The number of nitrogens with two attached hydrogens (primary N) is 1. The number of amides is 1. The van der Waals surface area contributed by atoms with E-state index in [0.29, 0.717) is 29.3 Å². The highest BCUT2D eigenvalue weighted by Gasteiger charge is 2.20. The lowest BCUT2D eigenvalue weighted by atomic mass is 10.0. The molecule has 0 radical (unpaired) electrons. The predicted molar refractivity (Wildman–Crippen MR) is 112 cm³/mol. The highest BCUT2D eigenvalue weighted by molar-refractivity contribution is 7.92. The van der Waals surface area contributed by atoms with Crippen molar-refractivity contribution in [3.8, 4) is 0 Å². The van der Waals surface area contributed by atoms with Crippen LogP contribution in [0.25, 0.3) is 0 Å². The van der Waals surface area contributed by atoms with E-state index in [1.54, 1.807) is 49.4 Å². The van der Waals surface area contributed by atoms with Gasteiger partial charge in [0.25, 0.3) is 10.0 Å². The van der Waals surface area contributed by atoms with Crippen LogP contribution in [0.4, 0.5) is 11.4 Å². The number of anilines is 2. The maximum absolute atomic E-state index is 12.7. The Balaban J connectivity index is 0.00000364. The lowest BCUT2D eigenvalue weighted by Gasteiger charge is -2.16. The second kappa shape index (κ2) is 9.73. The molecule has 0 spiro atoms. The van der Waals surface area contributed by atoms with Crippen molar-refractivity contribution in [2.24, 2.45) is 11.7 Å². The minimum absolute atomic E-state index is 0. The van der Waals surface area contributed by atoms with E-state index in [9.17, 15) is 13.2 Å². The first-order chi connectivity index (χ1) is 12.2. The van der Waals surface area contributed by atoms with Gasteiger partial charge in [-0.05, 0) is 49.1 Å². The van der Waals surface area contributed by atoms with Gasteiger partial charge in [0.2, 0.25) is 5.91 Å². The highest BCUT2D eigenvalue weighted by Crippen LogP contribution is 2.23. The van der Waals surface area contributed by atoms with Crippen LogP contribution in [0.2, 0.25) is 0 Å². The van der Waals surface area contributed by atoms with Gasteiger partial charge in [-0.3, -0.25) is 9.52 Å². The van der Waals surface area contributed by atoms with Crippen molar-refractivity contribution in [1.29, 1.82) is 0 Å². The quantitative estimate of drug-likeness (QED) is 0.648. The molecule has 0 aliphatic carbocycles. The molecule has 0 aliphatic rings. The minimum atomic E-state index is -3.77. The molecule has 27 heavy (non-hydrogen) atoms. The van der Waals surface area contributed by atoms with Crippen LogP contribution >= 0.6 is 12.4 Å². The fraction of sp³-hybridized carbons (Fsp3) is 0.316. The Morgan fingerprint density at radius 1 is 1.07 bits per heavy atom. The van der Waals surface area contributed by atoms with Gasteiger partial charge >= 0.3 is 0 Å². The second-order valence-electron chi connectivity index (χ2n) is 6.68. The van der Waals surface area contributed by atoms with Gasteiger partial charge in [-0.1, -0.05) is 38.1 Å². The molecule has 0 saturated carbocycles. The SMILES string of the molecule is Cc1ccc(NC(=O)[C@@H](N)CC(C)C)cc1S(=O)(=O)Nc1ccccc1.Cl. The fourth-order valence-electron chi connectivity index (χ4n) is 2.53. The van der Waals surface area contributed by atoms with Gasteiger partial charge in [0.05, 0.1) is 10.9 Å². The third-order valence-corrected chi connectivity index (χ3v) is 5.36. The molecule has 148 valence electrons. The largest absolute Gasteiger partial charge is 0.325 e. The zero-order valence-electron chi connectivity index (χ0n) is 15.6. The van der Waals surface area contributed by atoms with Crippen LogP contribution in [0, 0.1) is 12.8 Å². The van der Waals surface area contributed by atoms with Crippen molar-refractivity contribution in [3.05, 3.63) is 54.1 Å². The van der Waals surface area contributed by atoms with E-state index in [0.717, 1.165) is 0 Å². The summed E-state index contributed by atoms with van der Waals surface area (Å²) in [4.78, 5) is 12.3. The van der Waals surface area contributed by atoms with Gasteiger partial charge in [0, 0.05) is 11.4 Å². The van der Waals surface area contributed by atoms with Gasteiger partial charge in [-0.2, -0.15) is 0 Å². The van der Waals surface area contributed by atoms with E-state index in [2.05, 4.69) is 10.0 Å². The molecule has 2 aromatic carbocycles. The highest BCUT2D eigenvalue weighted by atomic mass is 35.5. The summed E-state index contributed by atoms with van der Waals surface area (Å²) in [6.45, 7) is 5.67. The Labute approximate surface area is 167 Å². The number of aryl methyl sites for hydroxylation is 1. The van der Waals surface area contributed by atoms with Crippen LogP contribution < -0.4 is 15.8 Å². The number of carbonyl (C=O) groups is 1. The predicted octanol–water partition coefficient (Wildman–Crippen LogP) is 3.53. The molecular formula is C19H26ClN3O3S. The first-order valence-electron chi connectivity index (χ1n) is 8.44. The van der Waals surface area contributed by atoms with Gasteiger partial charge in [0.1, 0.15) is 0 Å². The normalized spacial score (nSPS) is 12.2. The lowest BCUT2D eigenvalue weighted by molar-refractivity contribution is -0.117. The van der Waals surface area contributed by atoms with E-state index >= 15 is 0 Å². The number of carbonyl (C=O) groups excluding carboxylic acids is 1. The molecule has 6 nitrogen and oxygen atoms in total. The van der Waals surface area contributed by atoms with E-state index in [-0.39, 0.29) is 23.2 Å². The summed E-state index contributed by atoms with van der Waals surface area (Å²) in [5, 5.41) is 2.69. The number of para-hydroxylation sites is 1. The fourth-order valence-corrected chi connectivity index (χ4v) is 3.86. The van der Waals surface area contributed by atoms with Crippen molar-refractivity contribution in [2.75, 3.05) is 10.0 Å². The average Bonchev–Trinajstić information content (AvgIpc) is 2.56. The average molecular weight is 412 g/mol. The lowest BCUT2D eigenvalue weighted by Crippen LogP contribution is -2.36. The van der Waals surface area contributed by atoms with Gasteiger partial charge in [0.15, 0.2) is 0 Å². The summed E-state index contributed by atoms with van der Waals surface area (Å²) in [5.74, 6) is -0.0401. The number of benzene rings is 2. The molecule has 0 saturated heterocycles. The number of hydrogen-bond acceptors (Lipinski definition) is 4. The minimum Gasteiger partial charge on any atom is -0.325 e. The molecule has 4 N–H and O–H groups in total. The standard InChI is InChI=1S/C19H25N3O3S.ClH/c1-13(2)11-17(20)19(23)21-16-10-9-14(3)18(12-16)26(24,25)22-15-7-5-4-6-8-15;/h4-10,12-13,17,22H,11,20H2,1-3H3,(H,21,23);1H/t17-;/m0./s1. The van der Waals surface area contributed by atoms with E-state index in [4.69, 9.17) is 5.73 Å². The topological polar surface area (TPSA) is 101 Å². The third kappa shape index (κ3) is 6.53. The van der Waals surface area contributed by atoms with Crippen molar-refractivity contribution < 1.29 is 13.2 Å². The Morgan fingerprint density at radius 2 is 1.70 bits per heavy atom. The Bertz CT molecular complexity index is 871. The summed E-state index contributed by atoms with van der Waals surface area (Å²) >= 11 is 0. The molecule has 0 fully saturated rings. The van der Waals surface area contributed by atoms with Crippen LogP contribution in [0.15, 0.2) is 53.4 Å². The monoisotopic (exact) mass is 411 g/mol. The first kappa shape index (κ1) is 23.0. The maximum Gasteiger partial charge on any atom is 0.262 e. The first-order valence-corrected chi connectivity index (χ1v) is 9.92. The van der Waals surface area contributed by atoms with Gasteiger partial charge in [-0.15, -0.1) is 12.4 Å². The summed E-state index contributed by atoms with van der Waals surface area (Å²) in [6, 6.07) is 12.8. The van der Waals surface area contributed by atoms with Crippen LogP contribution in [-0.2, 0) is 14.8 Å². The van der Waals surface area contributed by atoms with E-state index in [1.807, 2.05) is 13.8 Å². The molecular weight excluding hydrogens is 386 g/mol. The molecule has 1 amide bonds. The number of nitrogens with one attached hydrogen (secondary N) is 2. The molecule has 1 atom stereocenters. The van der Waals surface area contributed by atoms with Crippen LogP contribution in [0.1, 0.15) is 25.8 Å². The summed E-state index contributed by atoms with van der Waals surface area (Å²) < 4.78 is 27.9. The molecule has 0 unspecified atom stereocenters. The third-order valence-electron chi connectivity index (χ3n) is 3.83. The van der Waals surface area contributed by atoms with Crippen molar-refractivity contribution in [2.45, 2.75) is 38.1 Å². The van der Waals surface area contributed by atoms with Crippen molar-refractivity contribution in [3.63, 3.8) is 0 Å². The second-order valence-corrected chi connectivity index (χ2v) is 8.33. The Kier molecular flexibility index (Phi) is 8.27. The van der Waals surface area contributed by atoms with E-state index < -0.39 is 16.1 Å². The molecule has 0 heterocycles. The summed E-state index contributed by atoms with van der Waals surface area (Å²) in [5.41, 5.74) is 7.33. The number of sulfonamides is 1. The van der Waals surface area contributed by atoms with Crippen LogP contribution in [0.5, 0.6) is 0 Å². The number of halogens is 1. The summed E-state index contributed by atoms with van der Waals surface area (Å²) in [6.07, 6.45) is 0.554. The molecule has 0 aromatic heterocycles. The molecule has 8 heteroatoms. The number of hydrogen-bond donors (Lipinski definition) is 3. The zero-order valence-corrected chi connectivity index (χ0v) is 17.2. The number of rotatable bonds is 7. The van der Waals surface area contributed by atoms with E-state index in [1.165, 1.54) is 6.07 Å². The van der Waals surface area contributed by atoms with Crippen molar-refractivity contribution >= 4 is 39.7 Å². The maximum atomic E-state index is 12.7. The summed E-state index contributed by atoms with van der Waals surface area (Å²) in [7, 11) is -3.77. The zero-order chi connectivity index (χ0) is 19.3. The molecule has 0 bridgehead atoms. The Hall–Kier alpha value is -2.09.